The number of rotatable bonds is 3. The molecule has 2 atom stereocenters. The van der Waals surface area contributed by atoms with Crippen LogP contribution in [0.15, 0.2) is 17.5 Å². The number of alkyl halides is 3. The Hall–Kier alpha value is -1.57. The van der Waals surface area contributed by atoms with E-state index in [9.17, 15) is 22.8 Å². The summed E-state index contributed by atoms with van der Waals surface area (Å²) in [4.78, 5) is 28.0. The number of carbonyl (C=O) groups is 2. The van der Waals surface area contributed by atoms with Crippen LogP contribution in [0.5, 0.6) is 0 Å². The van der Waals surface area contributed by atoms with Gasteiger partial charge in [0, 0.05) is 24.4 Å². The van der Waals surface area contributed by atoms with Crippen molar-refractivity contribution in [2.75, 3.05) is 19.6 Å². The Balaban J connectivity index is 1.68. The number of nitrogens with zero attached hydrogens (tertiary/aromatic N) is 2. The lowest BCUT2D eigenvalue weighted by Crippen LogP contribution is -2.38. The fourth-order valence-electron chi connectivity index (χ4n) is 3.35. The zero-order chi connectivity index (χ0) is 16.6. The smallest absolute Gasteiger partial charge is 0.335 e. The van der Waals surface area contributed by atoms with Crippen molar-refractivity contribution >= 4 is 23.2 Å². The van der Waals surface area contributed by atoms with Crippen LogP contribution in [0.2, 0.25) is 0 Å². The Morgan fingerprint density at radius 2 is 2.17 bits per heavy atom. The second kappa shape index (κ2) is 6.14. The van der Waals surface area contributed by atoms with Crippen LogP contribution in [-0.4, -0.2) is 47.4 Å². The van der Waals surface area contributed by atoms with Crippen molar-refractivity contribution < 1.29 is 22.8 Å². The number of hydrogen-bond donors (Lipinski definition) is 0. The first-order valence-electron chi connectivity index (χ1n) is 7.53. The predicted molar refractivity (Wildman–Crippen MR) is 78.7 cm³/mol. The molecule has 2 amide bonds. The second-order valence-electron chi connectivity index (χ2n) is 6.00. The van der Waals surface area contributed by atoms with Gasteiger partial charge in [0.1, 0.15) is 6.54 Å². The topological polar surface area (TPSA) is 40.6 Å². The van der Waals surface area contributed by atoms with Crippen LogP contribution in [0.4, 0.5) is 13.2 Å². The summed E-state index contributed by atoms with van der Waals surface area (Å²) < 4.78 is 37.4. The van der Waals surface area contributed by atoms with Gasteiger partial charge < -0.3 is 9.80 Å². The molecule has 3 rings (SSSR count). The van der Waals surface area contributed by atoms with Gasteiger partial charge >= 0.3 is 6.18 Å². The van der Waals surface area contributed by atoms with E-state index in [1.165, 1.54) is 0 Å². The zero-order valence-electron chi connectivity index (χ0n) is 12.4. The molecule has 0 aromatic carbocycles. The summed E-state index contributed by atoms with van der Waals surface area (Å²) in [6, 6.07) is 3.89. The lowest BCUT2D eigenvalue weighted by molar-refractivity contribution is -0.157. The first-order valence-corrected chi connectivity index (χ1v) is 8.41. The van der Waals surface area contributed by atoms with E-state index < -0.39 is 24.5 Å². The summed E-state index contributed by atoms with van der Waals surface area (Å²) in [6.45, 7) is -0.805. The van der Waals surface area contributed by atoms with Crippen molar-refractivity contribution in [1.82, 2.24) is 9.80 Å². The van der Waals surface area contributed by atoms with Crippen molar-refractivity contribution in [3.8, 4) is 0 Å². The van der Waals surface area contributed by atoms with Crippen molar-refractivity contribution in [2.45, 2.75) is 31.5 Å². The van der Waals surface area contributed by atoms with E-state index in [1.807, 2.05) is 17.5 Å². The maximum Gasteiger partial charge on any atom is 0.406 e. The minimum absolute atomic E-state index is 0.00531. The van der Waals surface area contributed by atoms with Gasteiger partial charge in [0.2, 0.25) is 11.8 Å². The molecule has 1 aromatic heterocycles. The van der Waals surface area contributed by atoms with Gasteiger partial charge in [-0.1, -0.05) is 6.07 Å². The van der Waals surface area contributed by atoms with Crippen molar-refractivity contribution in [1.29, 1.82) is 0 Å². The summed E-state index contributed by atoms with van der Waals surface area (Å²) in [7, 11) is 0. The Bertz CT molecular complexity index is 588. The molecular formula is C15H17F3N2O2S. The molecule has 0 unspecified atom stereocenters. The van der Waals surface area contributed by atoms with E-state index in [-0.39, 0.29) is 24.9 Å². The number of carbonyl (C=O) groups excluding carboxylic acids is 2. The number of hydrogen-bond acceptors (Lipinski definition) is 3. The van der Waals surface area contributed by atoms with Gasteiger partial charge in [-0.2, -0.15) is 13.2 Å². The van der Waals surface area contributed by atoms with E-state index in [2.05, 4.69) is 0 Å². The van der Waals surface area contributed by atoms with Crippen LogP contribution >= 0.6 is 11.3 Å². The van der Waals surface area contributed by atoms with Gasteiger partial charge in [-0.05, 0) is 24.3 Å². The number of amides is 2. The molecule has 2 fully saturated rings. The Kier molecular flexibility index (Phi) is 4.35. The maximum absolute atomic E-state index is 12.7. The quantitative estimate of drug-likeness (QED) is 0.844. The average Bonchev–Trinajstić information content (AvgIpc) is 3.16. The summed E-state index contributed by atoms with van der Waals surface area (Å²) in [6.07, 6.45) is -2.82. The highest BCUT2D eigenvalue weighted by molar-refractivity contribution is 7.10. The summed E-state index contributed by atoms with van der Waals surface area (Å²) in [5, 5.41) is 1.94. The third kappa shape index (κ3) is 3.52. The molecular weight excluding hydrogens is 329 g/mol. The number of likely N-dealkylation sites (tertiary alicyclic amines) is 2. The van der Waals surface area contributed by atoms with Crippen molar-refractivity contribution in [3.05, 3.63) is 22.4 Å². The molecule has 0 saturated carbocycles. The van der Waals surface area contributed by atoms with Gasteiger partial charge in [0.25, 0.3) is 0 Å². The zero-order valence-corrected chi connectivity index (χ0v) is 13.2. The molecule has 2 aliphatic rings. The van der Waals surface area contributed by atoms with Crippen LogP contribution in [-0.2, 0) is 9.59 Å². The highest BCUT2D eigenvalue weighted by Gasteiger charge is 2.43. The standard InChI is InChI=1S/C15H17F3N2O2S/c16-15(17,18)9-19-8-10(7-13(19)21)14(22)20-5-1-3-11(20)12-4-2-6-23-12/h2,4,6,10-11H,1,3,5,7-9H2/t10-,11-/m1/s1. The molecule has 3 heterocycles. The van der Waals surface area contributed by atoms with Crippen LogP contribution in [0.25, 0.3) is 0 Å². The third-order valence-corrected chi connectivity index (χ3v) is 5.31. The molecule has 0 aliphatic carbocycles. The maximum atomic E-state index is 12.7. The molecule has 1 aromatic rings. The van der Waals surface area contributed by atoms with E-state index in [0.29, 0.717) is 6.54 Å². The molecule has 8 heteroatoms. The molecule has 0 N–H and O–H groups in total. The molecule has 2 saturated heterocycles. The molecule has 0 radical (unpaired) electrons. The second-order valence-corrected chi connectivity index (χ2v) is 6.97. The molecule has 0 spiro atoms. The Morgan fingerprint density at radius 1 is 1.39 bits per heavy atom. The monoisotopic (exact) mass is 346 g/mol. The summed E-state index contributed by atoms with van der Waals surface area (Å²) in [5.74, 6) is -1.45. The first-order chi connectivity index (χ1) is 10.8. The molecule has 4 nitrogen and oxygen atoms in total. The Morgan fingerprint density at radius 3 is 2.83 bits per heavy atom. The van der Waals surface area contributed by atoms with Gasteiger partial charge in [-0.25, -0.2) is 0 Å². The minimum atomic E-state index is -4.43. The van der Waals surface area contributed by atoms with E-state index in [0.717, 1.165) is 22.6 Å². The van der Waals surface area contributed by atoms with Crippen molar-refractivity contribution in [2.24, 2.45) is 5.92 Å². The third-order valence-electron chi connectivity index (χ3n) is 4.34. The van der Waals surface area contributed by atoms with Crippen LogP contribution < -0.4 is 0 Å². The van der Waals surface area contributed by atoms with Crippen LogP contribution in [0.3, 0.4) is 0 Å². The number of halogens is 3. The van der Waals surface area contributed by atoms with Crippen molar-refractivity contribution in [3.63, 3.8) is 0 Å². The minimum Gasteiger partial charge on any atom is -0.335 e. The fourth-order valence-corrected chi connectivity index (χ4v) is 4.22. The summed E-state index contributed by atoms with van der Waals surface area (Å²) >= 11 is 1.57. The van der Waals surface area contributed by atoms with E-state index in [1.54, 1.807) is 16.2 Å². The summed E-state index contributed by atoms with van der Waals surface area (Å²) in [5.41, 5.74) is 0. The highest BCUT2D eigenvalue weighted by atomic mass is 32.1. The SMILES string of the molecule is O=C1C[C@@H](C(=O)N2CCC[C@@H]2c2cccs2)CN1CC(F)(F)F. The molecule has 23 heavy (non-hydrogen) atoms. The lowest BCUT2D eigenvalue weighted by Gasteiger charge is -2.26. The largest absolute Gasteiger partial charge is 0.406 e. The highest BCUT2D eigenvalue weighted by Crippen LogP contribution is 2.36. The molecule has 2 aliphatic heterocycles. The normalized spacial score (nSPS) is 25.4. The van der Waals surface area contributed by atoms with Gasteiger partial charge in [0.15, 0.2) is 0 Å². The van der Waals surface area contributed by atoms with Gasteiger partial charge in [-0.15, -0.1) is 11.3 Å². The first kappa shape index (κ1) is 16.3. The van der Waals surface area contributed by atoms with E-state index in [4.69, 9.17) is 0 Å². The van der Waals surface area contributed by atoms with Gasteiger partial charge in [0.05, 0.1) is 12.0 Å². The van der Waals surface area contributed by atoms with Crippen LogP contribution in [0, 0.1) is 5.92 Å². The Labute approximate surface area is 135 Å². The van der Waals surface area contributed by atoms with E-state index >= 15 is 0 Å². The van der Waals surface area contributed by atoms with Crippen LogP contribution in [0.1, 0.15) is 30.2 Å². The average molecular weight is 346 g/mol. The van der Waals surface area contributed by atoms with Gasteiger partial charge in [-0.3, -0.25) is 9.59 Å². The molecule has 126 valence electrons. The number of thiophene rings is 1. The molecule has 0 bridgehead atoms. The fraction of sp³-hybridized carbons (Fsp3) is 0.600. The lowest BCUT2D eigenvalue weighted by atomic mass is 10.1. The predicted octanol–water partition coefficient (Wildman–Crippen LogP) is 2.82.